The molecule has 1 fully saturated rings. The number of anilines is 2. The number of carbonyl (C=O) groups excluding carboxylic acids is 1. The van der Waals surface area contributed by atoms with E-state index >= 15 is 0 Å². The maximum atomic E-state index is 12.8. The molecule has 2 heterocycles. The monoisotopic (exact) mass is 402 g/mol. The van der Waals surface area contributed by atoms with Gasteiger partial charge in [0.25, 0.3) is 5.91 Å². The second kappa shape index (κ2) is 7.87. The van der Waals surface area contributed by atoms with Gasteiger partial charge in [0.1, 0.15) is 0 Å². The first-order valence-electron chi connectivity index (χ1n) is 8.51. The molecule has 25 heavy (non-hydrogen) atoms. The number of piperidine rings is 1. The molecule has 1 atom stereocenters. The Morgan fingerprint density at radius 2 is 2.16 bits per heavy atom. The van der Waals surface area contributed by atoms with Crippen LogP contribution < -0.4 is 10.6 Å². The summed E-state index contributed by atoms with van der Waals surface area (Å²) in [6.07, 6.45) is 5.42. The summed E-state index contributed by atoms with van der Waals surface area (Å²) in [7, 11) is 1.83. The van der Waals surface area contributed by atoms with E-state index < -0.39 is 0 Å². The lowest BCUT2D eigenvalue weighted by atomic mass is 10.0. The molecule has 0 spiro atoms. The highest BCUT2D eigenvalue weighted by atomic mass is 79.9. The van der Waals surface area contributed by atoms with Crippen LogP contribution in [0.3, 0.4) is 0 Å². The maximum Gasteiger partial charge on any atom is 0.255 e. The Bertz CT molecular complexity index is 765. The van der Waals surface area contributed by atoms with Gasteiger partial charge >= 0.3 is 0 Å². The molecule has 0 bridgehead atoms. The van der Waals surface area contributed by atoms with Gasteiger partial charge in [-0.1, -0.05) is 15.9 Å². The molecule has 6 heteroatoms. The minimum atomic E-state index is 0.0450. The molecule has 2 N–H and O–H groups in total. The summed E-state index contributed by atoms with van der Waals surface area (Å²) in [4.78, 5) is 18.9. The highest BCUT2D eigenvalue weighted by Crippen LogP contribution is 2.23. The Kier molecular flexibility index (Phi) is 5.58. The zero-order valence-corrected chi connectivity index (χ0v) is 16.1. The van der Waals surface area contributed by atoms with Crippen molar-refractivity contribution < 1.29 is 4.79 Å². The molecule has 1 aliphatic rings. The van der Waals surface area contributed by atoms with E-state index in [0.717, 1.165) is 35.2 Å². The average Bonchev–Trinajstić information content (AvgIpc) is 2.64. The Morgan fingerprint density at radius 3 is 2.92 bits per heavy atom. The van der Waals surface area contributed by atoms with Gasteiger partial charge in [-0.25, -0.2) is 0 Å². The molecule has 1 unspecified atom stereocenters. The topological polar surface area (TPSA) is 57.3 Å². The van der Waals surface area contributed by atoms with E-state index in [1.54, 1.807) is 12.4 Å². The third kappa shape index (κ3) is 4.31. The molecule has 1 aromatic carbocycles. The SMILES string of the molecule is CNc1cncc(C(=O)N2CCCC(Nc3ccc(Br)cc3C)C2)c1. The van der Waals surface area contributed by atoms with E-state index in [1.165, 1.54) is 5.56 Å². The summed E-state index contributed by atoms with van der Waals surface area (Å²) in [5.74, 6) is 0.0450. The van der Waals surface area contributed by atoms with Crippen molar-refractivity contribution in [2.75, 3.05) is 30.8 Å². The van der Waals surface area contributed by atoms with Crippen LogP contribution in [0, 0.1) is 6.92 Å². The fourth-order valence-corrected chi connectivity index (χ4v) is 3.64. The standard InChI is InChI=1S/C19H23BrN4O/c1-13-8-15(20)5-6-18(13)23-16-4-3-7-24(12-16)19(25)14-9-17(21-2)11-22-10-14/h5-6,8-11,16,21,23H,3-4,7,12H2,1-2H3. The van der Waals surface area contributed by atoms with Gasteiger partial charge in [-0.2, -0.15) is 0 Å². The molecule has 132 valence electrons. The number of halogens is 1. The number of hydrogen-bond acceptors (Lipinski definition) is 4. The Balaban J connectivity index is 1.69. The summed E-state index contributed by atoms with van der Waals surface area (Å²) >= 11 is 3.50. The zero-order chi connectivity index (χ0) is 17.8. The molecule has 2 aromatic rings. The van der Waals surface area contributed by atoms with Crippen molar-refractivity contribution in [3.05, 3.63) is 52.3 Å². The van der Waals surface area contributed by atoms with Gasteiger partial charge in [0.2, 0.25) is 0 Å². The minimum absolute atomic E-state index is 0.0450. The number of hydrogen-bond donors (Lipinski definition) is 2. The number of benzene rings is 1. The number of likely N-dealkylation sites (tertiary alicyclic amines) is 1. The number of aromatic nitrogens is 1. The van der Waals surface area contributed by atoms with E-state index in [0.29, 0.717) is 12.1 Å². The van der Waals surface area contributed by atoms with Gasteiger partial charge in [0, 0.05) is 48.7 Å². The van der Waals surface area contributed by atoms with E-state index in [9.17, 15) is 4.79 Å². The van der Waals surface area contributed by atoms with Gasteiger partial charge in [0.05, 0.1) is 11.3 Å². The summed E-state index contributed by atoms with van der Waals surface area (Å²) < 4.78 is 1.08. The minimum Gasteiger partial charge on any atom is -0.387 e. The fourth-order valence-electron chi connectivity index (χ4n) is 3.16. The van der Waals surface area contributed by atoms with E-state index in [-0.39, 0.29) is 11.9 Å². The third-order valence-electron chi connectivity index (χ3n) is 4.53. The number of nitrogens with one attached hydrogen (secondary N) is 2. The summed E-state index contributed by atoms with van der Waals surface area (Å²) in [6, 6.07) is 8.34. The summed E-state index contributed by atoms with van der Waals surface area (Å²) in [5.41, 5.74) is 3.81. The molecule has 0 radical (unpaired) electrons. The van der Waals surface area contributed by atoms with E-state index in [4.69, 9.17) is 0 Å². The molecule has 3 rings (SSSR count). The molecule has 1 aromatic heterocycles. The lowest BCUT2D eigenvalue weighted by Crippen LogP contribution is -2.45. The lowest BCUT2D eigenvalue weighted by molar-refractivity contribution is 0.0714. The van der Waals surface area contributed by atoms with Crippen molar-refractivity contribution in [3.63, 3.8) is 0 Å². The van der Waals surface area contributed by atoms with Gasteiger partial charge in [0.15, 0.2) is 0 Å². The molecule has 0 saturated carbocycles. The smallest absolute Gasteiger partial charge is 0.255 e. The van der Waals surface area contributed by atoms with Crippen LogP contribution in [-0.4, -0.2) is 42.0 Å². The normalized spacial score (nSPS) is 17.2. The highest BCUT2D eigenvalue weighted by Gasteiger charge is 2.25. The maximum absolute atomic E-state index is 12.8. The number of nitrogens with zero attached hydrogens (tertiary/aromatic N) is 2. The predicted molar refractivity (Wildman–Crippen MR) is 105 cm³/mol. The molecular formula is C19H23BrN4O. The number of pyridine rings is 1. The zero-order valence-electron chi connectivity index (χ0n) is 14.6. The number of rotatable bonds is 4. The van der Waals surface area contributed by atoms with Crippen LogP contribution in [-0.2, 0) is 0 Å². The van der Waals surface area contributed by atoms with Crippen LogP contribution in [0.5, 0.6) is 0 Å². The first kappa shape index (κ1) is 17.7. The molecule has 1 amide bonds. The van der Waals surface area contributed by atoms with Gasteiger partial charge in [-0.05, 0) is 49.6 Å². The van der Waals surface area contributed by atoms with Crippen LogP contribution >= 0.6 is 15.9 Å². The van der Waals surface area contributed by atoms with E-state index in [2.05, 4.69) is 50.6 Å². The molecule has 1 aliphatic heterocycles. The first-order chi connectivity index (χ1) is 12.1. The quantitative estimate of drug-likeness (QED) is 0.813. The van der Waals surface area contributed by atoms with E-state index in [1.807, 2.05) is 24.1 Å². The van der Waals surface area contributed by atoms with Crippen molar-refractivity contribution in [1.82, 2.24) is 9.88 Å². The van der Waals surface area contributed by atoms with Gasteiger partial charge < -0.3 is 15.5 Å². The van der Waals surface area contributed by atoms with Crippen LogP contribution in [0.25, 0.3) is 0 Å². The third-order valence-corrected chi connectivity index (χ3v) is 5.02. The Morgan fingerprint density at radius 1 is 1.32 bits per heavy atom. The molecule has 0 aliphatic carbocycles. The second-order valence-electron chi connectivity index (χ2n) is 6.41. The summed E-state index contributed by atoms with van der Waals surface area (Å²) in [6.45, 7) is 3.59. The lowest BCUT2D eigenvalue weighted by Gasteiger charge is -2.34. The number of amides is 1. The Hall–Kier alpha value is -2.08. The van der Waals surface area contributed by atoms with Crippen molar-refractivity contribution >= 4 is 33.2 Å². The molecule has 1 saturated heterocycles. The first-order valence-corrected chi connectivity index (χ1v) is 9.31. The molecule has 5 nitrogen and oxygen atoms in total. The number of aryl methyl sites for hydroxylation is 1. The van der Waals surface area contributed by atoms with Gasteiger partial charge in [-0.3, -0.25) is 9.78 Å². The van der Waals surface area contributed by atoms with Crippen molar-refractivity contribution in [3.8, 4) is 0 Å². The largest absolute Gasteiger partial charge is 0.387 e. The van der Waals surface area contributed by atoms with Crippen molar-refractivity contribution in [2.24, 2.45) is 0 Å². The predicted octanol–water partition coefficient (Wildman–Crippen LogP) is 3.91. The van der Waals surface area contributed by atoms with Crippen LogP contribution in [0.15, 0.2) is 41.1 Å². The van der Waals surface area contributed by atoms with Crippen LogP contribution in [0.2, 0.25) is 0 Å². The Labute approximate surface area is 157 Å². The second-order valence-corrected chi connectivity index (χ2v) is 7.32. The van der Waals surface area contributed by atoms with Crippen molar-refractivity contribution in [2.45, 2.75) is 25.8 Å². The van der Waals surface area contributed by atoms with Crippen LogP contribution in [0.1, 0.15) is 28.8 Å². The van der Waals surface area contributed by atoms with Crippen LogP contribution in [0.4, 0.5) is 11.4 Å². The van der Waals surface area contributed by atoms with Gasteiger partial charge in [-0.15, -0.1) is 0 Å². The summed E-state index contributed by atoms with van der Waals surface area (Å²) in [5, 5.41) is 6.62. The number of carbonyl (C=O) groups is 1. The highest BCUT2D eigenvalue weighted by molar-refractivity contribution is 9.10. The van der Waals surface area contributed by atoms with Crippen molar-refractivity contribution in [1.29, 1.82) is 0 Å². The molecular weight excluding hydrogens is 380 g/mol. The average molecular weight is 403 g/mol. The fraction of sp³-hybridized carbons (Fsp3) is 0.368.